The molecule has 24 heavy (non-hydrogen) atoms. The minimum atomic E-state index is -0.213. The Morgan fingerprint density at radius 1 is 1.29 bits per heavy atom. The zero-order valence-corrected chi connectivity index (χ0v) is 15.0. The van der Waals surface area contributed by atoms with E-state index in [0.717, 1.165) is 32.7 Å². The van der Waals surface area contributed by atoms with Gasteiger partial charge in [-0.1, -0.05) is 30.3 Å². The van der Waals surface area contributed by atoms with E-state index >= 15 is 0 Å². The van der Waals surface area contributed by atoms with Gasteiger partial charge in [-0.25, -0.2) is 0 Å². The molecule has 0 saturated carbocycles. The molecule has 1 amide bonds. The summed E-state index contributed by atoms with van der Waals surface area (Å²) in [6.07, 6.45) is -0.0586. The van der Waals surface area contributed by atoms with Crippen LogP contribution >= 0.6 is 0 Å². The summed E-state index contributed by atoms with van der Waals surface area (Å²) in [5.41, 5.74) is 1.28. The number of nitrogens with one attached hydrogen (secondary N) is 1. The van der Waals surface area contributed by atoms with E-state index in [1.54, 1.807) is 0 Å². The van der Waals surface area contributed by atoms with E-state index in [1.807, 2.05) is 17.9 Å². The molecule has 1 N–H and O–H groups in total. The molecular weight excluding hydrogens is 302 g/mol. The highest BCUT2D eigenvalue weighted by molar-refractivity contribution is 5.83. The smallest absolute Gasteiger partial charge is 0.242 e. The topological polar surface area (TPSA) is 44.8 Å². The van der Waals surface area contributed by atoms with Crippen molar-refractivity contribution in [3.63, 3.8) is 0 Å². The molecule has 0 unspecified atom stereocenters. The Morgan fingerprint density at radius 2 is 2.04 bits per heavy atom. The number of ether oxygens (including phenoxy) is 1. The first kappa shape index (κ1) is 17.4. The van der Waals surface area contributed by atoms with Gasteiger partial charge in [-0.05, 0) is 26.3 Å². The summed E-state index contributed by atoms with van der Waals surface area (Å²) >= 11 is 0. The first-order valence-corrected chi connectivity index (χ1v) is 8.90. The molecule has 2 aliphatic heterocycles. The molecule has 0 aromatic heterocycles. The maximum absolute atomic E-state index is 12.9. The number of carbonyl (C=O) groups is 1. The average molecular weight is 331 g/mol. The van der Waals surface area contributed by atoms with Crippen LogP contribution in [0.15, 0.2) is 30.3 Å². The number of amides is 1. The largest absolute Gasteiger partial charge is 0.375 e. The van der Waals surface area contributed by atoms with Crippen molar-refractivity contribution in [3.8, 4) is 0 Å². The summed E-state index contributed by atoms with van der Waals surface area (Å²) in [4.78, 5) is 17.4. The monoisotopic (exact) mass is 331 g/mol. The van der Waals surface area contributed by atoms with E-state index < -0.39 is 0 Å². The Balaban J connectivity index is 1.63. The lowest BCUT2D eigenvalue weighted by Crippen LogP contribution is -2.64. The lowest BCUT2D eigenvalue weighted by molar-refractivity contribution is -0.144. The third-order valence-corrected chi connectivity index (χ3v) is 5.18. The minimum Gasteiger partial charge on any atom is -0.375 e. The number of benzene rings is 1. The fourth-order valence-electron chi connectivity index (χ4n) is 3.68. The summed E-state index contributed by atoms with van der Waals surface area (Å²) < 4.78 is 5.63. The molecule has 2 fully saturated rings. The van der Waals surface area contributed by atoms with E-state index in [-0.39, 0.29) is 23.6 Å². The van der Waals surface area contributed by atoms with Crippen LogP contribution in [0.1, 0.15) is 26.3 Å². The number of nitrogens with zero attached hydrogens (tertiary/aromatic N) is 2. The van der Waals surface area contributed by atoms with Crippen molar-refractivity contribution in [1.82, 2.24) is 15.1 Å². The van der Waals surface area contributed by atoms with Crippen LogP contribution in [-0.2, 0) is 16.1 Å². The Hall–Kier alpha value is -1.43. The molecule has 0 bridgehead atoms. The molecule has 0 spiro atoms. The highest BCUT2D eigenvalue weighted by atomic mass is 16.5. The van der Waals surface area contributed by atoms with Gasteiger partial charge in [0, 0.05) is 38.3 Å². The highest BCUT2D eigenvalue weighted by Crippen LogP contribution is 2.24. The van der Waals surface area contributed by atoms with Crippen molar-refractivity contribution in [2.45, 2.75) is 45.0 Å². The van der Waals surface area contributed by atoms with Crippen LogP contribution in [0.5, 0.6) is 0 Å². The fourth-order valence-corrected chi connectivity index (χ4v) is 3.68. The molecule has 132 valence electrons. The lowest BCUT2D eigenvalue weighted by atomic mass is 9.96. The van der Waals surface area contributed by atoms with Gasteiger partial charge in [-0.3, -0.25) is 9.69 Å². The van der Waals surface area contributed by atoms with Crippen LogP contribution in [0.4, 0.5) is 0 Å². The van der Waals surface area contributed by atoms with Crippen molar-refractivity contribution < 1.29 is 9.53 Å². The quantitative estimate of drug-likeness (QED) is 0.911. The van der Waals surface area contributed by atoms with Crippen LogP contribution in [0, 0.1) is 0 Å². The second-order valence-corrected chi connectivity index (χ2v) is 7.49. The zero-order valence-electron chi connectivity index (χ0n) is 15.0. The van der Waals surface area contributed by atoms with Gasteiger partial charge in [0.15, 0.2) is 0 Å². The Bertz CT molecular complexity index is 561. The molecule has 2 aliphatic rings. The number of piperazine rings is 1. The van der Waals surface area contributed by atoms with Gasteiger partial charge in [0.2, 0.25) is 5.91 Å². The minimum absolute atomic E-state index is 0.0392. The number of hydrogen-bond acceptors (Lipinski definition) is 4. The summed E-state index contributed by atoms with van der Waals surface area (Å²) in [6.45, 7) is 11.2. The van der Waals surface area contributed by atoms with Gasteiger partial charge in [-0.15, -0.1) is 0 Å². The zero-order chi connectivity index (χ0) is 17.2. The number of hydrogen-bond donors (Lipinski definition) is 1. The van der Waals surface area contributed by atoms with Crippen molar-refractivity contribution >= 4 is 5.91 Å². The van der Waals surface area contributed by atoms with Crippen LogP contribution in [0.3, 0.4) is 0 Å². The Labute approximate surface area is 145 Å². The van der Waals surface area contributed by atoms with E-state index in [0.29, 0.717) is 6.61 Å². The number of carbonyl (C=O) groups excluding carboxylic acids is 1. The molecule has 3 rings (SSSR count). The third kappa shape index (κ3) is 3.79. The second kappa shape index (κ2) is 7.21. The molecule has 5 heteroatoms. The van der Waals surface area contributed by atoms with Gasteiger partial charge in [0.25, 0.3) is 0 Å². The van der Waals surface area contributed by atoms with Crippen LogP contribution in [-0.4, -0.2) is 66.2 Å². The first-order valence-electron chi connectivity index (χ1n) is 8.90. The predicted molar refractivity (Wildman–Crippen MR) is 94.7 cm³/mol. The van der Waals surface area contributed by atoms with E-state index in [4.69, 9.17) is 4.74 Å². The molecule has 5 nitrogen and oxygen atoms in total. The fraction of sp³-hybridized carbons (Fsp3) is 0.632. The molecule has 2 atom stereocenters. The molecule has 0 aliphatic carbocycles. The van der Waals surface area contributed by atoms with Crippen molar-refractivity contribution in [2.24, 2.45) is 0 Å². The van der Waals surface area contributed by atoms with Crippen LogP contribution < -0.4 is 5.32 Å². The molecular formula is C19H29N3O2. The van der Waals surface area contributed by atoms with Crippen molar-refractivity contribution in [3.05, 3.63) is 35.9 Å². The lowest BCUT2D eigenvalue weighted by Gasteiger charge is -2.48. The molecule has 1 aromatic rings. The SMILES string of the molecule is C[C@H]1OCCN[C@@H]1C(=O)N1CCN(Cc2ccccc2)C(C)(C)C1. The van der Waals surface area contributed by atoms with Gasteiger partial charge < -0.3 is 15.0 Å². The predicted octanol–water partition coefficient (Wildman–Crippen LogP) is 1.49. The molecule has 2 saturated heterocycles. The van der Waals surface area contributed by atoms with Crippen molar-refractivity contribution in [1.29, 1.82) is 0 Å². The maximum atomic E-state index is 12.9. The molecule has 0 radical (unpaired) electrons. The summed E-state index contributed by atoms with van der Waals surface area (Å²) in [5, 5.41) is 3.31. The number of morpholine rings is 1. The summed E-state index contributed by atoms with van der Waals surface area (Å²) in [6, 6.07) is 10.3. The molecule has 1 aromatic carbocycles. The number of rotatable bonds is 3. The van der Waals surface area contributed by atoms with E-state index in [2.05, 4.69) is 48.3 Å². The van der Waals surface area contributed by atoms with Gasteiger partial charge in [0.05, 0.1) is 12.7 Å². The van der Waals surface area contributed by atoms with E-state index in [9.17, 15) is 4.79 Å². The second-order valence-electron chi connectivity index (χ2n) is 7.49. The van der Waals surface area contributed by atoms with Crippen LogP contribution in [0.25, 0.3) is 0 Å². The van der Waals surface area contributed by atoms with Gasteiger partial charge >= 0.3 is 0 Å². The Morgan fingerprint density at radius 3 is 2.71 bits per heavy atom. The summed E-state index contributed by atoms with van der Waals surface area (Å²) in [5.74, 6) is 0.176. The van der Waals surface area contributed by atoms with Crippen molar-refractivity contribution in [2.75, 3.05) is 32.8 Å². The first-order chi connectivity index (χ1) is 11.5. The maximum Gasteiger partial charge on any atom is 0.242 e. The Kier molecular flexibility index (Phi) is 5.23. The van der Waals surface area contributed by atoms with Gasteiger partial charge in [0.1, 0.15) is 6.04 Å². The average Bonchev–Trinajstić information content (AvgIpc) is 2.57. The molecule has 2 heterocycles. The van der Waals surface area contributed by atoms with Gasteiger partial charge in [-0.2, -0.15) is 0 Å². The highest BCUT2D eigenvalue weighted by Gasteiger charge is 2.39. The van der Waals surface area contributed by atoms with Crippen LogP contribution in [0.2, 0.25) is 0 Å². The standard InChI is InChI=1S/C19H29N3O2/c1-15-17(20-9-12-24-15)18(23)21-10-11-22(19(2,3)14-21)13-16-7-5-4-6-8-16/h4-8,15,17,20H,9-14H2,1-3H3/t15-,17+/m1/s1. The van der Waals surface area contributed by atoms with E-state index in [1.165, 1.54) is 5.56 Å². The third-order valence-electron chi connectivity index (χ3n) is 5.18. The normalized spacial score (nSPS) is 27.9. The summed E-state index contributed by atoms with van der Waals surface area (Å²) in [7, 11) is 0.